The normalized spacial score (nSPS) is 21.8. The van der Waals surface area contributed by atoms with Crippen LogP contribution in [0.1, 0.15) is 17.5 Å². The first-order valence-electron chi connectivity index (χ1n) is 8.40. The van der Waals surface area contributed by atoms with E-state index in [1.165, 1.54) is 4.31 Å². The molecule has 2 heterocycles. The second-order valence-corrected chi connectivity index (χ2v) is 8.80. The molecule has 6 nitrogen and oxygen atoms in total. The van der Waals surface area contributed by atoms with E-state index >= 15 is 0 Å². The standard InChI is InChI=1S/C19H20N2O4S/c1-13-3-6-15(7-4-13)26(23,24)21-12-19(10-18(22)20-11-19)16-8-5-14(25-2)9-17(16)21/h3-9H,10-12H2,1-2H3,(H,20,22). The summed E-state index contributed by atoms with van der Waals surface area (Å²) in [5, 5.41) is 2.85. The Bertz CT molecular complexity index is 985. The Labute approximate surface area is 152 Å². The zero-order chi connectivity index (χ0) is 18.5. The molecule has 1 unspecified atom stereocenters. The molecule has 1 atom stereocenters. The predicted octanol–water partition coefficient (Wildman–Crippen LogP) is 1.97. The van der Waals surface area contributed by atoms with Crippen molar-refractivity contribution in [2.24, 2.45) is 0 Å². The Morgan fingerprint density at radius 1 is 1.15 bits per heavy atom. The van der Waals surface area contributed by atoms with Gasteiger partial charge in [-0.25, -0.2) is 8.42 Å². The van der Waals surface area contributed by atoms with Crippen molar-refractivity contribution in [3.05, 3.63) is 53.6 Å². The van der Waals surface area contributed by atoms with E-state index in [1.54, 1.807) is 37.4 Å². The minimum Gasteiger partial charge on any atom is -0.497 e. The largest absolute Gasteiger partial charge is 0.497 e. The molecule has 2 aliphatic heterocycles. The van der Waals surface area contributed by atoms with Crippen LogP contribution in [0.4, 0.5) is 5.69 Å². The average molecular weight is 372 g/mol. The fourth-order valence-electron chi connectivity index (χ4n) is 3.79. The smallest absolute Gasteiger partial charge is 0.264 e. The molecule has 0 bridgehead atoms. The Morgan fingerprint density at radius 2 is 1.88 bits per heavy atom. The van der Waals surface area contributed by atoms with Gasteiger partial charge >= 0.3 is 0 Å². The van der Waals surface area contributed by atoms with Crippen LogP contribution in [-0.4, -0.2) is 34.5 Å². The molecule has 1 N–H and O–H groups in total. The van der Waals surface area contributed by atoms with Crippen LogP contribution in [0.15, 0.2) is 47.4 Å². The number of nitrogens with zero attached hydrogens (tertiary/aromatic N) is 1. The molecular formula is C19H20N2O4S. The van der Waals surface area contributed by atoms with E-state index in [-0.39, 0.29) is 23.8 Å². The Kier molecular flexibility index (Phi) is 3.73. The van der Waals surface area contributed by atoms with Crippen molar-refractivity contribution in [3.8, 4) is 5.75 Å². The predicted molar refractivity (Wildman–Crippen MR) is 98.0 cm³/mol. The minimum absolute atomic E-state index is 0.0543. The number of carbonyl (C=O) groups is 1. The molecule has 136 valence electrons. The first-order valence-corrected chi connectivity index (χ1v) is 9.84. The lowest BCUT2D eigenvalue weighted by Crippen LogP contribution is -2.38. The van der Waals surface area contributed by atoms with Gasteiger partial charge in [0.2, 0.25) is 5.91 Å². The number of hydrogen-bond acceptors (Lipinski definition) is 4. The van der Waals surface area contributed by atoms with Crippen LogP contribution >= 0.6 is 0 Å². The Morgan fingerprint density at radius 3 is 2.50 bits per heavy atom. The quantitative estimate of drug-likeness (QED) is 0.894. The van der Waals surface area contributed by atoms with Crippen molar-refractivity contribution in [2.45, 2.75) is 23.7 Å². The number of ether oxygens (including phenoxy) is 1. The minimum atomic E-state index is -3.74. The van der Waals surface area contributed by atoms with E-state index in [2.05, 4.69) is 5.32 Å². The lowest BCUT2D eigenvalue weighted by atomic mass is 9.81. The van der Waals surface area contributed by atoms with Gasteiger partial charge in [0.05, 0.1) is 17.7 Å². The fourth-order valence-corrected chi connectivity index (χ4v) is 5.35. The molecule has 2 aliphatic rings. The van der Waals surface area contributed by atoms with Crippen LogP contribution in [0.3, 0.4) is 0 Å². The SMILES string of the molecule is COc1ccc2c(c1)N(S(=O)(=O)c1ccc(C)cc1)CC21CNC(=O)C1. The summed E-state index contributed by atoms with van der Waals surface area (Å²) >= 11 is 0. The summed E-state index contributed by atoms with van der Waals surface area (Å²) in [5.41, 5.74) is 1.92. The van der Waals surface area contributed by atoms with Crippen molar-refractivity contribution >= 4 is 21.6 Å². The van der Waals surface area contributed by atoms with E-state index in [0.717, 1.165) is 11.1 Å². The molecule has 0 radical (unpaired) electrons. The molecule has 26 heavy (non-hydrogen) atoms. The molecule has 0 aromatic heterocycles. The van der Waals surface area contributed by atoms with Crippen molar-refractivity contribution in [2.75, 3.05) is 24.5 Å². The van der Waals surface area contributed by atoms with Crippen molar-refractivity contribution in [1.82, 2.24) is 5.32 Å². The molecule has 1 spiro atoms. The molecule has 2 aromatic rings. The van der Waals surface area contributed by atoms with Gasteiger partial charge in [-0.15, -0.1) is 0 Å². The van der Waals surface area contributed by atoms with Crippen molar-refractivity contribution in [1.29, 1.82) is 0 Å². The topological polar surface area (TPSA) is 75.7 Å². The highest BCUT2D eigenvalue weighted by atomic mass is 32.2. The summed E-state index contributed by atoms with van der Waals surface area (Å²) in [5.74, 6) is 0.531. The third-order valence-corrected chi connectivity index (χ3v) is 7.00. The van der Waals surface area contributed by atoms with Gasteiger partial charge in [-0.1, -0.05) is 23.8 Å². The molecule has 0 saturated carbocycles. The number of rotatable bonds is 3. The lowest BCUT2D eigenvalue weighted by molar-refractivity contribution is -0.119. The molecule has 1 saturated heterocycles. The maximum atomic E-state index is 13.3. The summed E-state index contributed by atoms with van der Waals surface area (Å²) in [7, 11) is -2.19. The highest BCUT2D eigenvalue weighted by molar-refractivity contribution is 7.92. The zero-order valence-corrected chi connectivity index (χ0v) is 15.5. The second-order valence-electron chi connectivity index (χ2n) is 6.94. The second kappa shape index (κ2) is 5.74. The van der Waals surface area contributed by atoms with Gasteiger partial charge in [0, 0.05) is 31.0 Å². The number of hydrogen-bond donors (Lipinski definition) is 1. The number of aryl methyl sites for hydroxylation is 1. The third-order valence-electron chi connectivity index (χ3n) is 5.22. The highest BCUT2D eigenvalue weighted by Crippen LogP contribution is 2.48. The summed E-state index contributed by atoms with van der Waals surface area (Å²) < 4.78 is 33.3. The first-order chi connectivity index (χ1) is 12.4. The van der Waals surface area contributed by atoms with Crippen LogP contribution < -0.4 is 14.4 Å². The number of sulfonamides is 1. The number of carbonyl (C=O) groups excluding carboxylic acids is 1. The van der Waals surface area contributed by atoms with Gasteiger partial charge in [0.15, 0.2) is 0 Å². The molecule has 1 amide bonds. The summed E-state index contributed by atoms with van der Waals surface area (Å²) in [6.07, 6.45) is 0.284. The van der Waals surface area contributed by atoms with Crippen LogP contribution in [-0.2, 0) is 20.2 Å². The Hall–Kier alpha value is -2.54. The monoisotopic (exact) mass is 372 g/mol. The van der Waals surface area contributed by atoms with E-state index in [9.17, 15) is 13.2 Å². The van der Waals surface area contributed by atoms with Gasteiger partial charge in [0.25, 0.3) is 10.0 Å². The van der Waals surface area contributed by atoms with E-state index in [4.69, 9.17) is 4.74 Å². The molecular weight excluding hydrogens is 352 g/mol. The van der Waals surface area contributed by atoms with Crippen LogP contribution in [0.5, 0.6) is 5.75 Å². The number of anilines is 1. The maximum Gasteiger partial charge on any atom is 0.264 e. The molecule has 4 rings (SSSR count). The molecule has 0 aliphatic carbocycles. The maximum absolute atomic E-state index is 13.3. The fraction of sp³-hybridized carbons (Fsp3) is 0.316. The van der Waals surface area contributed by atoms with Gasteiger partial charge in [0.1, 0.15) is 5.75 Å². The van der Waals surface area contributed by atoms with Crippen LogP contribution in [0.25, 0.3) is 0 Å². The van der Waals surface area contributed by atoms with E-state index < -0.39 is 15.4 Å². The van der Waals surface area contributed by atoms with Crippen LogP contribution in [0.2, 0.25) is 0 Å². The molecule has 7 heteroatoms. The van der Waals surface area contributed by atoms with Crippen molar-refractivity contribution < 1.29 is 17.9 Å². The number of benzene rings is 2. The molecule has 2 aromatic carbocycles. The average Bonchev–Trinajstić information content (AvgIpc) is 3.16. The summed E-state index contributed by atoms with van der Waals surface area (Å²) in [6.45, 7) is 2.59. The van der Waals surface area contributed by atoms with Crippen molar-refractivity contribution in [3.63, 3.8) is 0 Å². The lowest BCUT2D eigenvalue weighted by Gasteiger charge is -2.24. The zero-order valence-electron chi connectivity index (χ0n) is 14.7. The number of fused-ring (bicyclic) bond motifs is 2. The van der Waals surface area contributed by atoms with Gasteiger partial charge in [-0.2, -0.15) is 0 Å². The van der Waals surface area contributed by atoms with Gasteiger partial charge in [-0.3, -0.25) is 9.10 Å². The number of amides is 1. The number of nitrogens with one attached hydrogen (secondary N) is 1. The highest BCUT2D eigenvalue weighted by Gasteiger charge is 2.50. The summed E-state index contributed by atoms with van der Waals surface area (Å²) in [4.78, 5) is 12.1. The number of methoxy groups -OCH3 is 1. The van der Waals surface area contributed by atoms with Gasteiger partial charge in [-0.05, 0) is 30.7 Å². The Balaban J connectivity index is 1.85. The van der Waals surface area contributed by atoms with E-state index in [1.807, 2.05) is 19.1 Å². The van der Waals surface area contributed by atoms with Gasteiger partial charge < -0.3 is 10.1 Å². The van der Waals surface area contributed by atoms with Crippen LogP contribution in [0, 0.1) is 6.92 Å². The summed E-state index contributed by atoms with van der Waals surface area (Å²) in [6, 6.07) is 12.2. The first kappa shape index (κ1) is 16.9. The van der Waals surface area contributed by atoms with E-state index in [0.29, 0.717) is 18.0 Å². The molecule has 1 fully saturated rings. The third kappa shape index (κ3) is 2.46.